The lowest BCUT2D eigenvalue weighted by Crippen LogP contribution is -2.40. The van der Waals surface area contributed by atoms with Crippen LogP contribution < -0.4 is 5.32 Å². The number of rotatable bonds is 5. The Morgan fingerprint density at radius 2 is 2.00 bits per heavy atom. The predicted octanol–water partition coefficient (Wildman–Crippen LogP) is 2.64. The van der Waals surface area contributed by atoms with E-state index < -0.39 is 0 Å². The minimum Gasteiger partial charge on any atom is -0.376 e. The zero-order valence-corrected chi connectivity index (χ0v) is 14.3. The fourth-order valence-electron chi connectivity index (χ4n) is 2.87. The van der Waals surface area contributed by atoms with E-state index >= 15 is 0 Å². The van der Waals surface area contributed by atoms with Gasteiger partial charge in [-0.1, -0.05) is 24.2 Å². The van der Waals surface area contributed by atoms with Gasteiger partial charge in [-0.05, 0) is 43.4 Å². The number of anilines is 1. The van der Waals surface area contributed by atoms with Crippen LogP contribution in [0.15, 0.2) is 28.8 Å². The molecule has 1 saturated heterocycles. The monoisotopic (exact) mass is 328 g/mol. The fourth-order valence-corrected chi connectivity index (χ4v) is 2.87. The van der Waals surface area contributed by atoms with Crippen LogP contribution >= 0.6 is 0 Å². The molecule has 3 rings (SSSR count). The summed E-state index contributed by atoms with van der Waals surface area (Å²) in [5, 5.41) is 6.99. The van der Waals surface area contributed by atoms with E-state index in [1.54, 1.807) is 6.92 Å². The maximum atomic E-state index is 12.2. The summed E-state index contributed by atoms with van der Waals surface area (Å²) in [5.74, 6) is 2.17. The average molecular weight is 328 g/mol. The van der Waals surface area contributed by atoms with Crippen molar-refractivity contribution >= 4 is 11.6 Å². The summed E-state index contributed by atoms with van der Waals surface area (Å²) in [6.07, 6.45) is 2.83. The van der Waals surface area contributed by atoms with Gasteiger partial charge in [0.15, 0.2) is 5.82 Å². The number of aryl methyl sites for hydroxylation is 1. The number of nitrogens with zero attached hydrogens (tertiary/aromatic N) is 3. The third-order valence-corrected chi connectivity index (χ3v) is 4.46. The molecule has 0 aliphatic carbocycles. The van der Waals surface area contributed by atoms with E-state index in [0.29, 0.717) is 24.7 Å². The molecule has 0 atom stereocenters. The van der Waals surface area contributed by atoms with Crippen LogP contribution in [-0.2, 0) is 11.2 Å². The van der Waals surface area contributed by atoms with E-state index in [0.717, 1.165) is 43.1 Å². The number of amides is 1. The van der Waals surface area contributed by atoms with Gasteiger partial charge in [-0.15, -0.1) is 0 Å². The molecule has 0 saturated carbocycles. The lowest BCUT2D eigenvalue weighted by Gasteiger charge is -2.30. The van der Waals surface area contributed by atoms with Gasteiger partial charge in [-0.2, -0.15) is 4.98 Å². The van der Waals surface area contributed by atoms with Crippen LogP contribution in [0.25, 0.3) is 0 Å². The highest BCUT2D eigenvalue weighted by molar-refractivity contribution is 5.80. The normalized spacial score (nSPS) is 15.5. The molecule has 1 aromatic heterocycles. The molecule has 1 aromatic carbocycles. The molecular weight excluding hydrogens is 304 g/mol. The number of aromatic nitrogens is 2. The Morgan fingerprint density at radius 3 is 2.62 bits per heavy atom. The van der Waals surface area contributed by atoms with Crippen molar-refractivity contribution in [2.24, 2.45) is 5.92 Å². The zero-order valence-electron chi connectivity index (χ0n) is 14.3. The second-order valence-corrected chi connectivity index (χ2v) is 6.53. The molecule has 24 heavy (non-hydrogen) atoms. The molecular formula is C18H24N4O2. The number of carbonyl (C=O) groups excluding carboxylic acids is 1. The third-order valence-electron chi connectivity index (χ3n) is 4.46. The highest BCUT2D eigenvalue weighted by atomic mass is 16.5. The van der Waals surface area contributed by atoms with Crippen LogP contribution in [-0.4, -0.2) is 40.6 Å². The molecule has 0 spiro atoms. The fraction of sp³-hybridized carbons (Fsp3) is 0.500. The molecule has 1 aliphatic heterocycles. The van der Waals surface area contributed by atoms with E-state index in [-0.39, 0.29) is 5.91 Å². The van der Waals surface area contributed by atoms with Crippen LogP contribution in [0, 0.1) is 12.8 Å². The van der Waals surface area contributed by atoms with Gasteiger partial charge in [-0.25, -0.2) is 0 Å². The van der Waals surface area contributed by atoms with E-state index in [1.165, 1.54) is 0 Å². The lowest BCUT2D eigenvalue weighted by atomic mass is 9.99. The van der Waals surface area contributed by atoms with Crippen molar-refractivity contribution in [1.82, 2.24) is 15.0 Å². The molecule has 0 radical (unpaired) electrons. The number of hydrogen-bond acceptors (Lipinski definition) is 5. The van der Waals surface area contributed by atoms with Crippen LogP contribution in [0.5, 0.6) is 0 Å². The molecule has 0 unspecified atom stereocenters. The molecule has 1 aliphatic rings. The van der Waals surface area contributed by atoms with Gasteiger partial charge >= 0.3 is 0 Å². The molecule has 6 heteroatoms. The Morgan fingerprint density at radius 1 is 1.29 bits per heavy atom. The van der Waals surface area contributed by atoms with Crippen LogP contribution in [0.1, 0.15) is 37.0 Å². The van der Waals surface area contributed by atoms with Crippen molar-refractivity contribution in [1.29, 1.82) is 0 Å². The van der Waals surface area contributed by atoms with Crippen LogP contribution in [0.4, 0.5) is 5.69 Å². The van der Waals surface area contributed by atoms with Gasteiger partial charge in [0.2, 0.25) is 11.8 Å². The van der Waals surface area contributed by atoms with Crippen molar-refractivity contribution < 1.29 is 9.32 Å². The standard InChI is InChI=1S/C18H24N4O2/c1-13-7-9-22(10-8-13)18(23)12-19-16-5-3-15(4-6-16)11-17-20-14(2)21-24-17/h3-6,13,19H,7-12H2,1-2H3. The van der Waals surface area contributed by atoms with Gasteiger partial charge in [0.1, 0.15) is 0 Å². The predicted molar refractivity (Wildman–Crippen MR) is 91.8 cm³/mol. The summed E-state index contributed by atoms with van der Waals surface area (Å²) in [7, 11) is 0. The molecule has 2 aromatic rings. The number of carbonyl (C=O) groups is 1. The highest BCUT2D eigenvalue weighted by Gasteiger charge is 2.19. The molecule has 0 bridgehead atoms. The Labute approximate surface area is 142 Å². The van der Waals surface area contributed by atoms with E-state index in [1.807, 2.05) is 29.2 Å². The summed E-state index contributed by atoms with van der Waals surface area (Å²) in [6, 6.07) is 7.97. The maximum absolute atomic E-state index is 12.2. The molecule has 128 valence electrons. The van der Waals surface area contributed by atoms with Crippen LogP contribution in [0.2, 0.25) is 0 Å². The zero-order chi connectivity index (χ0) is 16.9. The van der Waals surface area contributed by atoms with Crippen molar-refractivity contribution in [2.45, 2.75) is 33.1 Å². The number of benzene rings is 1. The van der Waals surface area contributed by atoms with Gasteiger partial charge in [0.05, 0.1) is 13.0 Å². The summed E-state index contributed by atoms with van der Waals surface area (Å²) in [6.45, 7) is 6.16. The van der Waals surface area contributed by atoms with E-state index in [2.05, 4.69) is 22.4 Å². The largest absolute Gasteiger partial charge is 0.376 e. The smallest absolute Gasteiger partial charge is 0.241 e. The Kier molecular flexibility index (Phi) is 5.13. The number of hydrogen-bond donors (Lipinski definition) is 1. The third kappa shape index (κ3) is 4.34. The first-order valence-electron chi connectivity index (χ1n) is 8.50. The maximum Gasteiger partial charge on any atom is 0.241 e. The topological polar surface area (TPSA) is 71.3 Å². The summed E-state index contributed by atoms with van der Waals surface area (Å²) < 4.78 is 5.13. The van der Waals surface area contributed by atoms with Gasteiger partial charge in [0, 0.05) is 18.8 Å². The Hall–Kier alpha value is -2.37. The SMILES string of the molecule is Cc1noc(Cc2ccc(NCC(=O)N3CCC(C)CC3)cc2)n1. The summed E-state index contributed by atoms with van der Waals surface area (Å²) in [5.41, 5.74) is 2.04. The first-order valence-corrected chi connectivity index (χ1v) is 8.50. The van der Waals surface area contributed by atoms with Crippen molar-refractivity contribution in [2.75, 3.05) is 25.0 Å². The number of likely N-dealkylation sites (tertiary alicyclic amines) is 1. The van der Waals surface area contributed by atoms with E-state index in [4.69, 9.17) is 4.52 Å². The van der Waals surface area contributed by atoms with E-state index in [9.17, 15) is 4.79 Å². The minimum absolute atomic E-state index is 0.173. The Bertz CT molecular complexity index is 673. The van der Waals surface area contributed by atoms with Crippen molar-refractivity contribution in [3.8, 4) is 0 Å². The van der Waals surface area contributed by atoms with Crippen LogP contribution in [0.3, 0.4) is 0 Å². The van der Waals surface area contributed by atoms with Gasteiger partial charge < -0.3 is 14.7 Å². The Balaban J connectivity index is 1.48. The second kappa shape index (κ2) is 7.47. The highest BCUT2D eigenvalue weighted by Crippen LogP contribution is 2.16. The van der Waals surface area contributed by atoms with Gasteiger partial charge in [-0.3, -0.25) is 4.79 Å². The van der Waals surface area contributed by atoms with Crippen molar-refractivity contribution in [3.05, 3.63) is 41.5 Å². The number of piperidine rings is 1. The number of nitrogens with one attached hydrogen (secondary N) is 1. The quantitative estimate of drug-likeness (QED) is 0.913. The summed E-state index contributed by atoms with van der Waals surface area (Å²) in [4.78, 5) is 18.4. The summed E-state index contributed by atoms with van der Waals surface area (Å²) >= 11 is 0. The first kappa shape index (κ1) is 16.5. The molecule has 1 amide bonds. The molecule has 6 nitrogen and oxygen atoms in total. The average Bonchev–Trinajstić information content (AvgIpc) is 2.99. The minimum atomic E-state index is 0.173. The molecule has 2 heterocycles. The molecule has 1 fully saturated rings. The molecule has 1 N–H and O–H groups in total. The lowest BCUT2D eigenvalue weighted by molar-refractivity contribution is -0.130. The first-order chi connectivity index (χ1) is 11.6. The van der Waals surface area contributed by atoms with Crippen molar-refractivity contribution in [3.63, 3.8) is 0 Å². The van der Waals surface area contributed by atoms with Gasteiger partial charge in [0.25, 0.3) is 0 Å². The second-order valence-electron chi connectivity index (χ2n) is 6.53.